The number of rotatable bonds is 9. The van der Waals surface area contributed by atoms with Crippen LogP contribution in [-0.2, 0) is 17.8 Å². The highest BCUT2D eigenvalue weighted by molar-refractivity contribution is 5.66. The molecule has 0 radical (unpaired) electrons. The standard InChI is InChI=1S/C23H24FNO3/c1-16-13-18(24)7-10-21(16)22-11-9-20(28-22)15-25-19(8-12-23(26)27)14-17-5-3-2-4-6-17/h2-7,9-11,13,19,25H,8,12,14-15H2,1H3,(H,26,27). The van der Waals surface area contributed by atoms with Crippen LogP contribution in [0.25, 0.3) is 11.3 Å². The number of carboxylic acid groups (broad SMARTS) is 1. The lowest BCUT2D eigenvalue weighted by Gasteiger charge is -2.17. The van der Waals surface area contributed by atoms with E-state index >= 15 is 0 Å². The monoisotopic (exact) mass is 381 g/mol. The van der Waals surface area contributed by atoms with Gasteiger partial charge in [-0.05, 0) is 61.2 Å². The van der Waals surface area contributed by atoms with Crippen molar-refractivity contribution >= 4 is 5.97 Å². The lowest BCUT2D eigenvalue weighted by atomic mass is 10.0. The number of carboxylic acids is 1. The fourth-order valence-corrected chi connectivity index (χ4v) is 3.24. The molecular formula is C23H24FNO3. The third kappa shape index (κ3) is 5.54. The fourth-order valence-electron chi connectivity index (χ4n) is 3.24. The minimum Gasteiger partial charge on any atom is -0.481 e. The summed E-state index contributed by atoms with van der Waals surface area (Å²) in [5.41, 5.74) is 2.84. The third-order valence-electron chi connectivity index (χ3n) is 4.71. The number of hydrogen-bond donors (Lipinski definition) is 2. The first-order valence-electron chi connectivity index (χ1n) is 9.35. The zero-order chi connectivity index (χ0) is 19.9. The molecule has 0 aliphatic carbocycles. The quantitative estimate of drug-likeness (QED) is 0.550. The Kier molecular flexibility index (Phi) is 6.61. The lowest BCUT2D eigenvalue weighted by molar-refractivity contribution is -0.137. The maximum atomic E-state index is 13.3. The van der Waals surface area contributed by atoms with Crippen molar-refractivity contribution in [2.24, 2.45) is 0 Å². The summed E-state index contributed by atoms with van der Waals surface area (Å²) in [6, 6.07) is 18.4. The molecule has 0 amide bonds. The molecule has 3 rings (SSSR count). The molecule has 0 saturated carbocycles. The number of nitrogens with one attached hydrogen (secondary N) is 1. The normalized spacial score (nSPS) is 12.1. The van der Waals surface area contributed by atoms with Gasteiger partial charge in [-0.3, -0.25) is 4.79 Å². The number of furan rings is 1. The first-order chi connectivity index (χ1) is 13.5. The van der Waals surface area contributed by atoms with E-state index in [2.05, 4.69) is 5.32 Å². The van der Waals surface area contributed by atoms with Crippen LogP contribution < -0.4 is 5.32 Å². The fraction of sp³-hybridized carbons (Fsp3) is 0.261. The second-order valence-corrected chi connectivity index (χ2v) is 6.93. The summed E-state index contributed by atoms with van der Waals surface area (Å²) in [6.07, 6.45) is 1.40. The number of aryl methyl sites for hydroxylation is 1. The van der Waals surface area contributed by atoms with Crippen molar-refractivity contribution in [2.75, 3.05) is 0 Å². The van der Waals surface area contributed by atoms with Crippen LogP contribution in [0.3, 0.4) is 0 Å². The Labute approximate surface area is 164 Å². The summed E-state index contributed by atoms with van der Waals surface area (Å²) in [5.74, 6) is 0.385. The van der Waals surface area contributed by atoms with Crippen molar-refractivity contribution in [2.45, 2.75) is 38.8 Å². The van der Waals surface area contributed by atoms with Crippen LogP contribution in [0.1, 0.15) is 29.7 Å². The van der Waals surface area contributed by atoms with Gasteiger partial charge in [0.05, 0.1) is 6.54 Å². The highest BCUT2D eigenvalue weighted by atomic mass is 19.1. The molecule has 0 aliphatic rings. The molecule has 2 N–H and O–H groups in total. The summed E-state index contributed by atoms with van der Waals surface area (Å²) in [5, 5.41) is 12.4. The zero-order valence-electron chi connectivity index (χ0n) is 15.8. The van der Waals surface area contributed by atoms with Gasteiger partial charge in [0.1, 0.15) is 17.3 Å². The minimum atomic E-state index is -0.799. The maximum absolute atomic E-state index is 13.3. The molecule has 28 heavy (non-hydrogen) atoms. The van der Waals surface area contributed by atoms with Crippen molar-refractivity contribution in [3.63, 3.8) is 0 Å². The van der Waals surface area contributed by atoms with E-state index < -0.39 is 5.97 Å². The van der Waals surface area contributed by atoms with Gasteiger partial charge in [0.25, 0.3) is 0 Å². The molecular weight excluding hydrogens is 357 g/mol. The molecule has 2 aromatic carbocycles. The second-order valence-electron chi connectivity index (χ2n) is 6.93. The highest BCUT2D eigenvalue weighted by Gasteiger charge is 2.14. The van der Waals surface area contributed by atoms with E-state index in [1.807, 2.05) is 49.4 Å². The van der Waals surface area contributed by atoms with Crippen LogP contribution in [0, 0.1) is 12.7 Å². The van der Waals surface area contributed by atoms with Gasteiger partial charge < -0.3 is 14.8 Å². The van der Waals surface area contributed by atoms with E-state index in [1.165, 1.54) is 12.1 Å². The van der Waals surface area contributed by atoms with Crippen LogP contribution >= 0.6 is 0 Å². The smallest absolute Gasteiger partial charge is 0.303 e. The van der Waals surface area contributed by atoms with E-state index in [1.54, 1.807) is 6.07 Å². The molecule has 146 valence electrons. The van der Waals surface area contributed by atoms with Gasteiger partial charge in [-0.25, -0.2) is 4.39 Å². The average Bonchev–Trinajstić information content (AvgIpc) is 3.13. The Morgan fingerprint density at radius 3 is 2.64 bits per heavy atom. The molecule has 3 aromatic rings. The SMILES string of the molecule is Cc1cc(F)ccc1-c1ccc(CNC(CCC(=O)O)Cc2ccccc2)o1. The van der Waals surface area contributed by atoms with Gasteiger partial charge in [-0.1, -0.05) is 30.3 Å². The van der Waals surface area contributed by atoms with E-state index in [9.17, 15) is 9.18 Å². The van der Waals surface area contributed by atoms with E-state index in [-0.39, 0.29) is 18.3 Å². The Morgan fingerprint density at radius 1 is 1.14 bits per heavy atom. The van der Waals surface area contributed by atoms with Gasteiger partial charge in [0.2, 0.25) is 0 Å². The molecule has 0 spiro atoms. The summed E-state index contributed by atoms with van der Waals surface area (Å²) < 4.78 is 19.2. The largest absolute Gasteiger partial charge is 0.481 e. The van der Waals surface area contributed by atoms with Crippen molar-refractivity contribution in [1.29, 1.82) is 0 Å². The van der Waals surface area contributed by atoms with Crippen LogP contribution in [0.5, 0.6) is 0 Å². The molecule has 1 unspecified atom stereocenters. The van der Waals surface area contributed by atoms with Crippen LogP contribution in [0.4, 0.5) is 4.39 Å². The first-order valence-corrected chi connectivity index (χ1v) is 9.35. The van der Waals surface area contributed by atoms with Crippen molar-refractivity contribution < 1.29 is 18.7 Å². The van der Waals surface area contributed by atoms with E-state index in [0.29, 0.717) is 18.7 Å². The van der Waals surface area contributed by atoms with Gasteiger partial charge >= 0.3 is 5.97 Å². The molecule has 0 bridgehead atoms. The number of benzene rings is 2. The van der Waals surface area contributed by atoms with Gasteiger partial charge in [-0.15, -0.1) is 0 Å². The summed E-state index contributed by atoms with van der Waals surface area (Å²) in [7, 11) is 0. The van der Waals surface area contributed by atoms with Gasteiger partial charge in [-0.2, -0.15) is 0 Å². The average molecular weight is 381 g/mol. The number of aliphatic carboxylic acids is 1. The first kappa shape index (κ1) is 19.8. The Hall–Kier alpha value is -2.92. The third-order valence-corrected chi connectivity index (χ3v) is 4.71. The molecule has 4 nitrogen and oxygen atoms in total. The zero-order valence-corrected chi connectivity index (χ0v) is 15.8. The molecule has 1 aromatic heterocycles. The van der Waals surface area contributed by atoms with Crippen LogP contribution in [-0.4, -0.2) is 17.1 Å². The lowest BCUT2D eigenvalue weighted by Crippen LogP contribution is -2.31. The summed E-state index contributed by atoms with van der Waals surface area (Å²) in [6.45, 7) is 2.35. The predicted octanol–water partition coefficient (Wildman–Crippen LogP) is 4.96. The Bertz CT molecular complexity index is 921. The molecule has 0 fully saturated rings. The predicted molar refractivity (Wildman–Crippen MR) is 106 cm³/mol. The summed E-state index contributed by atoms with van der Waals surface area (Å²) in [4.78, 5) is 11.0. The Balaban J connectivity index is 1.65. The number of carbonyl (C=O) groups is 1. The van der Waals surface area contributed by atoms with Crippen LogP contribution in [0.15, 0.2) is 65.1 Å². The Morgan fingerprint density at radius 2 is 1.93 bits per heavy atom. The molecule has 1 heterocycles. The number of hydrogen-bond acceptors (Lipinski definition) is 3. The van der Waals surface area contributed by atoms with Crippen LogP contribution in [0.2, 0.25) is 0 Å². The van der Waals surface area contributed by atoms with Gasteiger partial charge in [0, 0.05) is 18.0 Å². The summed E-state index contributed by atoms with van der Waals surface area (Å²) >= 11 is 0. The molecule has 0 aliphatic heterocycles. The van der Waals surface area contributed by atoms with Crippen molar-refractivity contribution in [3.8, 4) is 11.3 Å². The maximum Gasteiger partial charge on any atom is 0.303 e. The molecule has 0 saturated heterocycles. The second kappa shape index (κ2) is 9.33. The van der Waals surface area contributed by atoms with Crippen molar-refractivity contribution in [3.05, 3.63) is 83.4 Å². The topological polar surface area (TPSA) is 62.5 Å². The minimum absolute atomic E-state index is 0.0274. The molecule has 1 atom stereocenters. The van der Waals surface area contributed by atoms with E-state index in [4.69, 9.17) is 9.52 Å². The van der Waals surface area contributed by atoms with Gasteiger partial charge in [0.15, 0.2) is 0 Å². The van der Waals surface area contributed by atoms with E-state index in [0.717, 1.165) is 28.9 Å². The highest BCUT2D eigenvalue weighted by Crippen LogP contribution is 2.26. The number of halogens is 1. The molecule has 5 heteroatoms. The van der Waals surface area contributed by atoms with Crippen molar-refractivity contribution in [1.82, 2.24) is 5.32 Å².